The Morgan fingerprint density at radius 2 is 1.81 bits per heavy atom. The molecule has 0 saturated heterocycles. The van der Waals surface area contributed by atoms with Crippen LogP contribution in [-0.2, 0) is 11.2 Å². The van der Waals surface area contributed by atoms with Gasteiger partial charge in [-0.3, -0.25) is 4.79 Å². The minimum Gasteiger partial charge on any atom is -0.330 e. The molecule has 0 saturated carbocycles. The lowest BCUT2D eigenvalue weighted by atomic mass is 9.88. The van der Waals surface area contributed by atoms with Crippen LogP contribution in [0.5, 0.6) is 0 Å². The number of aryl methyl sites for hydroxylation is 1. The van der Waals surface area contributed by atoms with E-state index >= 15 is 0 Å². The van der Waals surface area contributed by atoms with E-state index in [4.69, 9.17) is 5.73 Å². The van der Waals surface area contributed by atoms with Crippen LogP contribution in [0.15, 0.2) is 24.3 Å². The molecule has 21 heavy (non-hydrogen) atoms. The molecular formula is C18H30N2O. The molecule has 0 bridgehead atoms. The molecule has 1 aromatic rings. The highest BCUT2D eigenvalue weighted by molar-refractivity contribution is 5.92. The number of amides is 1. The largest absolute Gasteiger partial charge is 0.330 e. The topological polar surface area (TPSA) is 46.3 Å². The van der Waals surface area contributed by atoms with Gasteiger partial charge in [0.1, 0.15) is 0 Å². The van der Waals surface area contributed by atoms with Crippen LogP contribution < -0.4 is 10.6 Å². The average Bonchev–Trinajstić information content (AvgIpc) is 2.50. The maximum Gasteiger partial charge on any atom is 0.226 e. The van der Waals surface area contributed by atoms with Gasteiger partial charge in [-0.05, 0) is 55.3 Å². The summed E-state index contributed by atoms with van der Waals surface area (Å²) in [7, 11) is 1.86. The van der Waals surface area contributed by atoms with Gasteiger partial charge >= 0.3 is 0 Å². The Kier molecular flexibility index (Phi) is 7.44. The summed E-state index contributed by atoms with van der Waals surface area (Å²) < 4.78 is 0. The molecule has 118 valence electrons. The number of hydrogen-bond donors (Lipinski definition) is 1. The highest BCUT2D eigenvalue weighted by Crippen LogP contribution is 2.22. The lowest BCUT2D eigenvalue weighted by Gasteiger charge is -2.22. The van der Waals surface area contributed by atoms with Crippen LogP contribution in [0.2, 0.25) is 0 Å². The van der Waals surface area contributed by atoms with Crippen LogP contribution >= 0.6 is 0 Å². The van der Waals surface area contributed by atoms with Crippen LogP contribution in [0.1, 0.15) is 45.6 Å². The van der Waals surface area contributed by atoms with Gasteiger partial charge in [-0.25, -0.2) is 0 Å². The Balaban J connectivity index is 2.57. The van der Waals surface area contributed by atoms with Crippen molar-refractivity contribution in [2.75, 3.05) is 18.5 Å². The number of benzene rings is 1. The average molecular weight is 290 g/mol. The maximum absolute atomic E-state index is 12.3. The molecule has 0 aliphatic carbocycles. The van der Waals surface area contributed by atoms with E-state index in [1.807, 2.05) is 19.2 Å². The van der Waals surface area contributed by atoms with Gasteiger partial charge in [0.25, 0.3) is 0 Å². The monoisotopic (exact) mass is 290 g/mol. The molecule has 1 atom stereocenters. The number of anilines is 1. The van der Waals surface area contributed by atoms with Gasteiger partial charge in [0, 0.05) is 19.2 Å². The number of rotatable bonds is 8. The van der Waals surface area contributed by atoms with Crippen LogP contribution in [0.4, 0.5) is 5.69 Å². The summed E-state index contributed by atoms with van der Waals surface area (Å²) >= 11 is 0. The van der Waals surface area contributed by atoms with Crippen LogP contribution in [0.25, 0.3) is 0 Å². The van der Waals surface area contributed by atoms with Crippen molar-refractivity contribution < 1.29 is 4.79 Å². The van der Waals surface area contributed by atoms with E-state index in [0.29, 0.717) is 24.8 Å². The molecule has 1 amide bonds. The maximum atomic E-state index is 12.3. The Bertz CT molecular complexity index is 425. The van der Waals surface area contributed by atoms with Crippen molar-refractivity contribution in [1.29, 1.82) is 0 Å². The first-order valence-corrected chi connectivity index (χ1v) is 8.05. The number of carbonyl (C=O) groups is 1. The van der Waals surface area contributed by atoms with Gasteiger partial charge in [-0.2, -0.15) is 0 Å². The van der Waals surface area contributed by atoms with E-state index in [2.05, 4.69) is 32.9 Å². The third kappa shape index (κ3) is 5.50. The number of nitrogens with zero attached hydrogens (tertiary/aromatic N) is 1. The van der Waals surface area contributed by atoms with Crippen LogP contribution in [-0.4, -0.2) is 19.5 Å². The standard InChI is InChI=1S/C18H30N2O/c1-5-15-6-9-17(10-7-15)20(4)18(21)11-8-16(12-13-19)14(2)3/h6-7,9-10,14,16H,5,8,11-13,19H2,1-4H3. The summed E-state index contributed by atoms with van der Waals surface area (Å²) in [6.07, 6.45) is 3.53. The number of nitrogens with two attached hydrogens (primary N) is 1. The van der Waals surface area contributed by atoms with E-state index in [9.17, 15) is 4.79 Å². The van der Waals surface area contributed by atoms with Crippen molar-refractivity contribution in [3.05, 3.63) is 29.8 Å². The third-order valence-electron chi connectivity index (χ3n) is 4.32. The second-order valence-electron chi connectivity index (χ2n) is 6.09. The Morgan fingerprint density at radius 3 is 2.29 bits per heavy atom. The summed E-state index contributed by atoms with van der Waals surface area (Å²) in [6, 6.07) is 8.22. The fraction of sp³-hybridized carbons (Fsp3) is 0.611. The van der Waals surface area contributed by atoms with Gasteiger partial charge in [0.2, 0.25) is 5.91 Å². The molecule has 0 spiro atoms. The van der Waals surface area contributed by atoms with Crippen LogP contribution in [0, 0.1) is 11.8 Å². The number of carbonyl (C=O) groups excluding carboxylic acids is 1. The third-order valence-corrected chi connectivity index (χ3v) is 4.32. The van der Waals surface area contributed by atoms with Gasteiger partial charge in [-0.1, -0.05) is 32.9 Å². The molecule has 1 unspecified atom stereocenters. The minimum atomic E-state index is 0.182. The molecule has 3 nitrogen and oxygen atoms in total. The van der Waals surface area contributed by atoms with Gasteiger partial charge in [0.15, 0.2) is 0 Å². The summed E-state index contributed by atoms with van der Waals surface area (Å²) in [6.45, 7) is 7.24. The van der Waals surface area contributed by atoms with Crippen molar-refractivity contribution in [2.24, 2.45) is 17.6 Å². The predicted octanol–water partition coefficient (Wildman–Crippen LogP) is 3.61. The van der Waals surface area contributed by atoms with Crippen molar-refractivity contribution in [3.8, 4) is 0 Å². The zero-order valence-corrected chi connectivity index (χ0v) is 13.9. The fourth-order valence-electron chi connectivity index (χ4n) is 2.60. The van der Waals surface area contributed by atoms with E-state index in [1.54, 1.807) is 4.90 Å². The summed E-state index contributed by atoms with van der Waals surface area (Å²) in [5.41, 5.74) is 7.92. The molecule has 0 aliphatic rings. The highest BCUT2D eigenvalue weighted by atomic mass is 16.2. The van der Waals surface area contributed by atoms with Crippen LogP contribution in [0.3, 0.4) is 0 Å². The normalized spacial score (nSPS) is 12.5. The van der Waals surface area contributed by atoms with E-state index < -0.39 is 0 Å². The summed E-state index contributed by atoms with van der Waals surface area (Å²) in [5.74, 6) is 1.30. The lowest BCUT2D eigenvalue weighted by molar-refractivity contribution is -0.118. The SMILES string of the molecule is CCc1ccc(N(C)C(=O)CCC(CCN)C(C)C)cc1. The Labute approximate surface area is 129 Å². The Morgan fingerprint density at radius 1 is 1.19 bits per heavy atom. The zero-order valence-electron chi connectivity index (χ0n) is 13.9. The number of hydrogen-bond acceptors (Lipinski definition) is 2. The van der Waals surface area contributed by atoms with Crippen molar-refractivity contribution in [3.63, 3.8) is 0 Å². The first kappa shape index (κ1) is 17.7. The second-order valence-corrected chi connectivity index (χ2v) is 6.09. The molecule has 0 heterocycles. The zero-order chi connectivity index (χ0) is 15.8. The molecule has 0 radical (unpaired) electrons. The molecule has 0 aromatic heterocycles. The summed E-state index contributed by atoms with van der Waals surface area (Å²) in [4.78, 5) is 14.1. The molecule has 3 heteroatoms. The smallest absolute Gasteiger partial charge is 0.226 e. The van der Waals surface area contributed by atoms with E-state index in [-0.39, 0.29) is 5.91 Å². The first-order chi connectivity index (χ1) is 9.99. The van der Waals surface area contributed by atoms with Crippen molar-refractivity contribution >= 4 is 11.6 Å². The van der Waals surface area contributed by atoms with Crippen molar-refractivity contribution in [2.45, 2.75) is 46.5 Å². The van der Waals surface area contributed by atoms with E-state index in [1.165, 1.54) is 5.56 Å². The molecule has 1 rings (SSSR count). The molecule has 0 aliphatic heterocycles. The molecule has 2 N–H and O–H groups in total. The van der Waals surface area contributed by atoms with Crippen molar-refractivity contribution in [1.82, 2.24) is 0 Å². The first-order valence-electron chi connectivity index (χ1n) is 8.05. The molecule has 1 aromatic carbocycles. The highest BCUT2D eigenvalue weighted by Gasteiger charge is 2.17. The van der Waals surface area contributed by atoms with Gasteiger partial charge in [-0.15, -0.1) is 0 Å². The fourth-order valence-corrected chi connectivity index (χ4v) is 2.60. The quantitative estimate of drug-likeness (QED) is 0.795. The van der Waals surface area contributed by atoms with Gasteiger partial charge in [0.05, 0.1) is 0 Å². The predicted molar refractivity (Wildman–Crippen MR) is 90.5 cm³/mol. The van der Waals surface area contributed by atoms with E-state index in [0.717, 1.165) is 24.9 Å². The molecule has 0 fully saturated rings. The lowest BCUT2D eigenvalue weighted by Crippen LogP contribution is -2.27. The summed E-state index contributed by atoms with van der Waals surface area (Å²) in [5, 5.41) is 0. The molecular weight excluding hydrogens is 260 g/mol. The second kappa shape index (κ2) is 8.83. The van der Waals surface area contributed by atoms with Gasteiger partial charge < -0.3 is 10.6 Å². The Hall–Kier alpha value is -1.35. The minimum absolute atomic E-state index is 0.182.